The van der Waals surface area contributed by atoms with Crippen LogP contribution in [-0.4, -0.2) is 21.1 Å². The van der Waals surface area contributed by atoms with Crippen LogP contribution in [0.1, 0.15) is 44.3 Å². The van der Waals surface area contributed by atoms with Gasteiger partial charge in [0.1, 0.15) is 16.9 Å². The van der Waals surface area contributed by atoms with Crippen LogP contribution in [0.25, 0.3) is 0 Å². The van der Waals surface area contributed by atoms with Gasteiger partial charge < -0.3 is 8.98 Å². The van der Waals surface area contributed by atoms with E-state index < -0.39 is 0 Å². The number of carbonyl (C=O) groups is 1. The molecule has 3 heterocycles. The Bertz CT molecular complexity index is 1030. The van der Waals surface area contributed by atoms with Gasteiger partial charge in [-0.05, 0) is 57.5 Å². The van der Waals surface area contributed by atoms with Crippen molar-refractivity contribution in [3.63, 3.8) is 0 Å². The fraction of sp³-hybridized carbons (Fsp3) is 0.286. The first kappa shape index (κ1) is 19.0. The minimum Gasteiger partial charge on any atom is -0.467 e. The molecule has 0 radical (unpaired) electrons. The molecule has 0 aliphatic heterocycles. The maximum Gasteiger partial charge on any atom is 0.174 e. The Morgan fingerprint density at radius 1 is 1.30 bits per heavy atom. The number of furan rings is 1. The molecule has 0 saturated heterocycles. The lowest BCUT2D eigenvalue weighted by Gasteiger charge is -2.08. The minimum absolute atomic E-state index is 0.0312. The molecule has 27 heavy (non-hydrogen) atoms. The summed E-state index contributed by atoms with van der Waals surface area (Å²) in [6.07, 6.45) is 1.65. The van der Waals surface area contributed by atoms with Crippen molar-refractivity contribution >= 4 is 17.5 Å². The number of ketones is 1. The molecular formula is C21H21N3O2S. The summed E-state index contributed by atoms with van der Waals surface area (Å²) in [7, 11) is 0. The van der Waals surface area contributed by atoms with Crippen molar-refractivity contribution in [1.82, 2.24) is 9.55 Å². The van der Waals surface area contributed by atoms with E-state index in [1.54, 1.807) is 6.26 Å². The van der Waals surface area contributed by atoms with Crippen molar-refractivity contribution in [1.29, 1.82) is 5.26 Å². The highest BCUT2D eigenvalue weighted by Gasteiger charge is 2.18. The third-order valence-corrected chi connectivity index (χ3v) is 5.51. The zero-order valence-corrected chi connectivity index (χ0v) is 16.7. The average Bonchev–Trinajstić information content (AvgIpc) is 3.23. The van der Waals surface area contributed by atoms with Gasteiger partial charge in [0, 0.05) is 22.6 Å². The summed E-state index contributed by atoms with van der Waals surface area (Å²) >= 11 is 1.32. The molecule has 0 aliphatic rings. The van der Waals surface area contributed by atoms with Crippen LogP contribution in [0.5, 0.6) is 0 Å². The summed E-state index contributed by atoms with van der Waals surface area (Å²) in [4.78, 5) is 17.2. The molecule has 0 fully saturated rings. The first-order valence-electron chi connectivity index (χ1n) is 8.64. The van der Waals surface area contributed by atoms with E-state index in [-0.39, 0.29) is 11.5 Å². The number of aryl methyl sites for hydroxylation is 3. The second-order valence-corrected chi connectivity index (χ2v) is 7.50. The van der Waals surface area contributed by atoms with Crippen molar-refractivity contribution in [2.45, 2.75) is 39.3 Å². The lowest BCUT2D eigenvalue weighted by molar-refractivity contribution is 0.102. The van der Waals surface area contributed by atoms with Gasteiger partial charge >= 0.3 is 0 Å². The summed E-state index contributed by atoms with van der Waals surface area (Å²) in [6.45, 7) is 8.31. The summed E-state index contributed by atoms with van der Waals surface area (Å²) in [6, 6.07) is 9.77. The van der Waals surface area contributed by atoms with Gasteiger partial charge in [0.15, 0.2) is 5.78 Å². The number of hydrogen-bond acceptors (Lipinski definition) is 5. The van der Waals surface area contributed by atoms with E-state index in [1.807, 2.05) is 52.0 Å². The van der Waals surface area contributed by atoms with Crippen LogP contribution in [0.15, 0.2) is 40.0 Å². The van der Waals surface area contributed by atoms with Crippen LogP contribution in [-0.2, 0) is 6.54 Å². The number of pyridine rings is 1. The van der Waals surface area contributed by atoms with Gasteiger partial charge in [0.25, 0.3) is 0 Å². The van der Waals surface area contributed by atoms with E-state index in [2.05, 4.69) is 15.6 Å². The maximum absolute atomic E-state index is 12.8. The zero-order chi connectivity index (χ0) is 19.6. The van der Waals surface area contributed by atoms with Crippen molar-refractivity contribution in [3.05, 3.63) is 70.1 Å². The normalized spacial score (nSPS) is 10.8. The van der Waals surface area contributed by atoms with E-state index in [0.717, 1.165) is 28.4 Å². The van der Waals surface area contributed by atoms with E-state index >= 15 is 0 Å². The summed E-state index contributed by atoms with van der Waals surface area (Å²) in [5.41, 5.74) is 4.91. The molecule has 3 rings (SSSR count). The Morgan fingerprint density at radius 2 is 2.07 bits per heavy atom. The number of aromatic nitrogens is 2. The minimum atomic E-state index is 0.0312. The topological polar surface area (TPSA) is 71.8 Å². The summed E-state index contributed by atoms with van der Waals surface area (Å²) in [5, 5.41) is 10.00. The van der Waals surface area contributed by atoms with Crippen LogP contribution in [0.3, 0.4) is 0 Å². The van der Waals surface area contributed by atoms with Gasteiger partial charge in [-0.25, -0.2) is 4.98 Å². The zero-order valence-electron chi connectivity index (χ0n) is 15.9. The number of nitrogens with zero attached hydrogens (tertiary/aromatic N) is 3. The highest BCUT2D eigenvalue weighted by Crippen LogP contribution is 2.26. The highest BCUT2D eigenvalue weighted by molar-refractivity contribution is 8.00. The fourth-order valence-electron chi connectivity index (χ4n) is 3.14. The number of carbonyl (C=O) groups excluding carboxylic acids is 1. The Hall–Kier alpha value is -2.78. The smallest absolute Gasteiger partial charge is 0.174 e. The molecule has 0 atom stereocenters. The highest BCUT2D eigenvalue weighted by atomic mass is 32.2. The SMILES string of the molecule is Cc1cc(C)c(C#N)c(SCC(=O)c2cc(C)n(Cc3ccco3)c2C)n1. The largest absolute Gasteiger partial charge is 0.467 e. The number of thioether (sulfide) groups is 1. The predicted octanol–water partition coefficient (Wildman–Crippen LogP) is 4.60. The average molecular weight is 379 g/mol. The van der Waals surface area contributed by atoms with Crippen LogP contribution < -0.4 is 0 Å². The molecule has 0 bridgehead atoms. The van der Waals surface area contributed by atoms with Gasteiger partial charge in [-0.1, -0.05) is 11.8 Å². The van der Waals surface area contributed by atoms with Crippen molar-refractivity contribution in [3.8, 4) is 6.07 Å². The molecule has 0 N–H and O–H groups in total. The summed E-state index contributed by atoms with van der Waals surface area (Å²) < 4.78 is 7.50. The van der Waals surface area contributed by atoms with Gasteiger partial charge in [0.2, 0.25) is 0 Å². The standard InChI is InChI=1S/C21H21N3O2S/c1-13-8-14(2)23-21(19(13)10-22)27-12-20(25)18-9-15(3)24(16(18)4)11-17-6-5-7-26-17/h5-9H,11-12H2,1-4H3. The fourth-order valence-corrected chi connectivity index (χ4v) is 4.12. The second kappa shape index (κ2) is 7.85. The van der Waals surface area contributed by atoms with Crippen molar-refractivity contribution < 1.29 is 9.21 Å². The molecule has 3 aromatic rings. The monoisotopic (exact) mass is 379 g/mol. The first-order valence-corrected chi connectivity index (χ1v) is 9.62. The van der Waals surface area contributed by atoms with Gasteiger partial charge in [-0.3, -0.25) is 4.79 Å². The molecule has 138 valence electrons. The number of hydrogen-bond donors (Lipinski definition) is 0. The van der Waals surface area contributed by atoms with Gasteiger partial charge in [-0.15, -0.1) is 0 Å². The van der Waals surface area contributed by atoms with Crippen molar-refractivity contribution in [2.24, 2.45) is 0 Å². The van der Waals surface area contributed by atoms with Crippen LogP contribution in [0.4, 0.5) is 0 Å². The van der Waals surface area contributed by atoms with E-state index in [1.165, 1.54) is 11.8 Å². The maximum atomic E-state index is 12.8. The Morgan fingerprint density at radius 3 is 2.74 bits per heavy atom. The lowest BCUT2D eigenvalue weighted by Crippen LogP contribution is -2.08. The lowest BCUT2D eigenvalue weighted by atomic mass is 10.1. The number of nitriles is 1. The van der Waals surface area contributed by atoms with Crippen LogP contribution in [0.2, 0.25) is 0 Å². The van der Waals surface area contributed by atoms with Gasteiger partial charge in [0.05, 0.1) is 24.1 Å². The quantitative estimate of drug-likeness (QED) is 0.462. The van der Waals surface area contributed by atoms with E-state index in [9.17, 15) is 10.1 Å². The molecule has 0 spiro atoms. The number of rotatable bonds is 6. The summed E-state index contributed by atoms with van der Waals surface area (Å²) in [5.74, 6) is 1.13. The Kier molecular flexibility index (Phi) is 5.52. The molecule has 5 nitrogen and oxygen atoms in total. The first-order chi connectivity index (χ1) is 12.9. The van der Waals surface area contributed by atoms with Crippen LogP contribution in [0, 0.1) is 39.0 Å². The second-order valence-electron chi connectivity index (χ2n) is 6.53. The van der Waals surface area contributed by atoms with E-state index in [4.69, 9.17) is 4.42 Å². The van der Waals surface area contributed by atoms with E-state index in [0.29, 0.717) is 22.7 Å². The Balaban J connectivity index is 1.79. The molecule has 0 saturated carbocycles. The molecule has 0 aromatic carbocycles. The van der Waals surface area contributed by atoms with Crippen molar-refractivity contribution in [2.75, 3.05) is 5.75 Å². The van der Waals surface area contributed by atoms with Crippen LogP contribution >= 0.6 is 11.8 Å². The molecule has 0 unspecified atom stereocenters. The predicted molar refractivity (Wildman–Crippen MR) is 105 cm³/mol. The third kappa shape index (κ3) is 3.99. The number of Topliss-reactive ketones (excluding diaryl/α,β-unsaturated/α-hetero) is 1. The molecule has 3 aromatic heterocycles. The Labute approximate surface area is 163 Å². The molecule has 0 amide bonds. The molecular weight excluding hydrogens is 358 g/mol. The molecule has 0 aliphatic carbocycles. The molecule has 6 heteroatoms. The third-order valence-electron chi connectivity index (χ3n) is 4.53. The van der Waals surface area contributed by atoms with Gasteiger partial charge in [-0.2, -0.15) is 5.26 Å².